The molecule has 188 valence electrons. The number of carbonyl (C=O) groups is 1. The second kappa shape index (κ2) is 9.13. The van der Waals surface area contributed by atoms with Crippen LogP contribution in [-0.4, -0.2) is 34.0 Å². The fourth-order valence-corrected chi connectivity index (χ4v) is 4.64. The van der Waals surface area contributed by atoms with Crippen molar-refractivity contribution in [3.05, 3.63) is 98.2 Å². The van der Waals surface area contributed by atoms with E-state index in [-0.39, 0.29) is 36.1 Å². The van der Waals surface area contributed by atoms with Gasteiger partial charge in [-0.1, -0.05) is 45.7 Å². The van der Waals surface area contributed by atoms with Crippen LogP contribution < -0.4 is 0 Å². The van der Waals surface area contributed by atoms with Crippen LogP contribution in [0.1, 0.15) is 51.1 Å². The summed E-state index contributed by atoms with van der Waals surface area (Å²) in [6.07, 6.45) is -3.44. The van der Waals surface area contributed by atoms with Gasteiger partial charge in [-0.25, -0.2) is 0 Å². The third-order valence-electron chi connectivity index (χ3n) is 6.27. The molecular weight excluding hydrogens is 561 g/mol. The molecule has 1 N–H and O–H groups in total. The molecule has 1 fully saturated rings. The smallest absolute Gasteiger partial charge is 0.396 e. The number of pyridine rings is 1. The Hall–Kier alpha value is -2.46. The standard InChI is InChI=1S/C26H21BrClF3N2O3/c27-18-5-8-22-21(11-18)23(35)33(13-20-7-6-19(28)12-32-20)25(22,36-15-24(14-34)9-10-24)16-1-3-17(4-2-16)26(29,30)31/h1-8,11-12,34H,9-10,13-15H2/i14D2,15D2. The molecule has 2 aliphatic rings. The molecule has 5 nitrogen and oxygen atoms in total. The Morgan fingerprint density at radius 3 is 2.47 bits per heavy atom. The molecule has 1 aromatic heterocycles. The van der Waals surface area contributed by atoms with Crippen LogP contribution in [0, 0.1) is 5.41 Å². The van der Waals surface area contributed by atoms with E-state index in [1.165, 1.54) is 30.5 Å². The summed E-state index contributed by atoms with van der Waals surface area (Å²) in [5.74, 6) is -0.624. The van der Waals surface area contributed by atoms with E-state index in [1.54, 1.807) is 6.07 Å². The van der Waals surface area contributed by atoms with E-state index in [0.717, 1.165) is 29.2 Å². The normalized spacial score (nSPS) is 22.9. The minimum atomic E-state index is -4.66. The molecule has 10 heteroatoms. The number of fused-ring (bicyclic) bond motifs is 1. The van der Waals surface area contributed by atoms with E-state index >= 15 is 0 Å². The highest BCUT2D eigenvalue weighted by Gasteiger charge is 2.55. The van der Waals surface area contributed by atoms with Gasteiger partial charge >= 0.3 is 6.18 Å². The molecule has 0 saturated heterocycles. The number of benzene rings is 2. The number of halogens is 5. The van der Waals surface area contributed by atoms with E-state index in [1.807, 2.05) is 0 Å². The van der Waals surface area contributed by atoms with Crippen molar-refractivity contribution < 1.29 is 33.3 Å². The summed E-state index contributed by atoms with van der Waals surface area (Å²) < 4.78 is 80.6. The van der Waals surface area contributed by atoms with Gasteiger partial charge in [0.25, 0.3) is 5.91 Å². The molecule has 0 spiro atoms. The van der Waals surface area contributed by atoms with Crippen molar-refractivity contribution >= 4 is 33.4 Å². The van der Waals surface area contributed by atoms with Crippen molar-refractivity contribution in [2.45, 2.75) is 31.3 Å². The van der Waals surface area contributed by atoms with Crippen molar-refractivity contribution in [1.29, 1.82) is 0 Å². The number of rotatable bonds is 7. The maximum absolute atomic E-state index is 13.9. The van der Waals surface area contributed by atoms with Gasteiger partial charge in [-0.2, -0.15) is 13.2 Å². The lowest BCUT2D eigenvalue weighted by Gasteiger charge is -2.40. The number of hydrogen-bond acceptors (Lipinski definition) is 4. The Kier molecular flexibility index (Phi) is 5.22. The fraction of sp³-hybridized carbons (Fsp3) is 0.308. The topological polar surface area (TPSA) is 62.7 Å². The van der Waals surface area contributed by atoms with Crippen LogP contribution in [0.15, 0.2) is 65.3 Å². The number of alkyl halides is 3. The van der Waals surface area contributed by atoms with Gasteiger partial charge in [0.1, 0.15) is 0 Å². The molecule has 2 aromatic carbocycles. The summed E-state index contributed by atoms with van der Waals surface area (Å²) >= 11 is 9.29. The predicted molar refractivity (Wildman–Crippen MR) is 130 cm³/mol. The maximum Gasteiger partial charge on any atom is 0.416 e. The summed E-state index contributed by atoms with van der Waals surface area (Å²) in [5, 5.41) is 10.6. The number of nitrogens with zero attached hydrogens (tertiary/aromatic N) is 2. The van der Waals surface area contributed by atoms with Crippen LogP contribution in [-0.2, 0) is 23.2 Å². The summed E-state index contributed by atoms with van der Waals surface area (Å²) in [4.78, 5) is 19.3. The van der Waals surface area contributed by atoms with E-state index in [0.29, 0.717) is 15.2 Å². The quantitative estimate of drug-likeness (QED) is 0.361. The molecule has 1 amide bonds. The Labute approximate surface area is 224 Å². The molecule has 1 atom stereocenters. The van der Waals surface area contributed by atoms with E-state index < -0.39 is 41.9 Å². The van der Waals surface area contributed by atoms with Crippen molar-refractivity contribution in [2.24, 2.45) is 5.41 Å². The van der Waals surface area contributed by atoms with Crippen molar-refractivity contribution in [1.82, 2.24) is 9.88 Å². The first-order valence-electron chi connectivity index (χ1n) is 12.8. The Morgan fingerprint density at radius 1 is 1.17 bits per heavy atom. The highest BCUT2D eigenvalue weighted by Crippen LogP contribution is 2.51. The average Bonchev–Trinajstić information content (AvgIpc) is 3.67. The molecular formula is C26H21BrClF3N2O3. The van der Waals surface area contributed by atoms with Gasteiger partial charge in [-0.15, -0.1) is 0 Å². The fourth-order valence-electron chi connectivity index (χ4n) is 4.17. The molecule has 36 heavy (non-hydrogen) atoms. The number of ether oxygens (including phenoxy) is 1. The monoisotopic (exact) mass is 584 g/mol. The van der Waals surface area contributed by atoms with Gasteiger partial charge in [0.2, 0.25) is 0 Å². The first kappa shape index (κ1) is 20.6. The summed E-state index contributed by atoms with van der Waals surface area (Å²) in [6.45, 7) is -6.15. The number of amides is 1. The maximum atomic E-state index is 13.9. The van der Waals surface area contributed by atoms with Crippen molar-refractivity contribution in [3.8, 4) is 0 Å². The molecule has 0 radical (unpaired) electrons. The summed E-state index contributed by atoms with van der Waals surface area (Å²) in [6, 6.07) is 11.4. The van der Waals surface area contributed by atoms with Crippen LogP contribution in [0.4, 0.5) is 13.2 Å². The number of aromatic nitrogens is 1. The van der Waals surface area contributed by atoms with Crippen LogP contribution in [0.5, 0.6) is 0 Å². The van der Waals surface area contributed by atoms with Gasteiger partial charge in [0, 0.05) is 32.8 Å². The predicted octanol–water partition coefficient (Wildman–Crippen LogP) is 6.16. The van der Waals surface area contributed by atoms with Crippen molar-refractivity contribution in [3.63, 3.8) is 0 Å². The van der Waals surface area contributed by atoms with Crippen LogP contribution in [0.25, 0.3) is 0 Å². The third-order valence-corrected chi connectivity index (χ3v) is 6.99. The third kappa shape index (κ3) is 4.42. The van der Waals surface area contributed by atoms with Gasteiger partial charge in [0.15, 0.2) is 5.72 Å². The first-order chi connectivity index (χ1) is 18.5. The number of carbonyl (C=O) groups excluding carboxylic acids is 1. The van der Waals surface area contributed by atoms with Crippen molar-refractivity contribution in [2.75, 3.05) is 13.1 Å². The Balaban J connectivity index is 1.76. The first-order valence-corrected chi connectivity index (χ1v) is 12.0. The highest BCUT2D eigenvalue weighted by molar-refractivity contribution is 9.10. The minimum Gasteiger partial charge on any atom is -0.396 e. The van der Waals surface area contributed by atoms with Crippen LogP contribution in [0.3, 0.4) is 0 Å². The second-order valence-electron chi connectivity index (χ2n) is 8.67. The highest BCUT2D eigenvalue weighted by atomic mass is 79.9. The van der Waals surface area contributed by atoms with Crippen LogP contribution in [0.2, 0.25) is 5.02 Å². The SMILES string of the molecule is [2H]C([2H])(O)C1(C([2H])([2H])OC2(c3ccc(C(F)(F)F)cc3)c3ccc(Br)cc3C(=O)N2Cc2ccc(Cl)cn2)CC1. The largest absolute Gasteiger partial charge is 0.416 e. The minimum absolute atomic E-state index is 0.0120. The zero-order valence-electron chi connectivity index (χ0n) is 22.4. The van der Waals surface area contributed by atoms with E-state index in [4.69, 9.17) is 21.8 Å². The molecule has 1 unspecified atom stereocenters. The number of hydrogen-bond donors (Lipinski definition) is 1. The van der Waals surface area contributed by atoms with Gasteiger partial charge < -0.3 is 9.84 Å². The van der Waals surface area contributed by atoms with Gasteiger partial charge in [-0.05, 0) is 49.2 Å². The van der Waals surface area contributed by atoms with Gasteiger partial charge in [0.05, 0.1) is 41.4 Å². The molecule has 2 heterocycles. The zero-order chi connectivity index (χ0) is 29.3. The lowest BCUT2D eigenvalue weighted by Crippen LogP contribution is -2.47. The van der Waals surface area contributed by atoms with E-state index in [2.05, 4.69) is 20.9 Å². The second-order valence-corrected chi connectivity index (χ2v) is 10.0. The molecule has 1 aliphatic heterocycles. The molecule has 1 aliphatic carbocycles. The Bertz CT molecular complexity index is 1470. The molecule has 1 saturated carbocycles. The lowest BCUT2D eigenvalue weighted by molar-refractivity contribution is -0.138. The number of aliphatic hydroxyl groups is 1. The average molecular weight is 586 g/mol. The Morgan fingerprint density at radius 2 is 1.89 bits per heavy atom. The lowest BCUT2D eigenvalue weighted by atomic mass is 9.92. The summed E-state index contributed by atoms with van der Waals surface area (Å²) in [7, 11) is 0. The van der Waals surface area contributed by atoms with Gasteiger partial charge in [-0.3, -0.25) is 14.7 Å². The molecule has 5 rings (SSSR count). The molecule has 0 bridgehead atoms. The zero-order valence-corrected chi connectivity index (χ0v) is 20.8. The molecule has 3 aromatic rings. The van der Waals surface area contributed by atoms with Crippen LogP contribution >= 0.6 is 27.5 Å². The van der Waals surface area contributed by atoms with E-state index in [9.17, 15) is 23.1 Å². The summed E-state index contributed by atoms with van der Waals surface area (Å²) in [5.41, 5.74) is -4.58.